The summed E-state index contributed by atoms with van der Waals surface area (Å²) >= 11 is 0. The van der Waals surface area contributed by atoms with Crippen molar-refractivity contribution in [1.82, 2.24) is 0 Å². The molecule has 52 heavy (non-hydrogen) atoms. The van der Waals surface area contributed by atoms with Gasteiger partial charge in [-0.15, -0.1) is 0 Å². The van der Waals surface area contributed by atoms with E-state index >= 15 is 0 Å². The van der Waals surface area contributed by atoms with Gasteiger partial charge in [0, 0.05) is 25.3 Å². The Labute approximate surface area is 299 Å². The van der Waals surface area contributed by atoms with E-state index in [-0.39, 0.29) is 60.6 Å². The molecule has 0 atom stereocenters. The van der Waals surface area contributed by atoms with Crippen molar-refractivity contribution in [3.63, 3.8) is 0 Å². The van der Waals surface area contributed by atoms with E-state index in [1.54, 1.807) is 7.05 Å². The molecule has 3 aromatic rings. The molecule has 3 rings (SSSR count). The van der Waals surface area contributed by atoms with Crippen LogP contribution < -0.4 is 24.3 Å². The Morgan fingerprint density at radius 3 is 1.37 bits per heavy atom. The first-order valence-corrected chi connectivity index (χ1v) is 15.9. The first kappa shape index (κ1) is 39.8. The minimum atomic E-state index is -0.933. The lowest BCUT2D eigenvalue weighted by molar-refractivity contribution is -0.138. The number of carbonyl (C=O) groups is 6. The Morgan fingerprint density at radius 1 is 0.538 bits per heavy atom. The molecule has 0 saturated carbocycles. The van der Waals surface area contributed by atoms with E-state index < -0.39 is 36.2 Å². The number of benzene rings is 3. The van der Waals surface area contributed by atoms with Gasteiger partial charge < -0.3 is 43.2 Å². The molecule has 0 aliphatic heterocycles. The molecule has 0 aromatic heterocycles. The van der Waals surface area contributed by atoms with Gasteiger partial charge in [-0.2, -0.15) is 0 Å². The predicted octanol–water partition coefficient (Wildman–Crippen LogP) is 6.22. The SMILES string of the molecule is C=CC(=O)OCCCCOC(=O)Oc1ccc(C(=O)Oc2ccc(OC(=O)c3ccc(OC(=O)OCCCCOC(=O)C=C)cc3)c(NC)c2)cc1. The van der Waals surface area contributed by atoms with Crippen molar-refractivity contribution in [1.29, 1.82) is 0 Å². The van der Waals surface area contributed by atoms with Gasteiger partial charge in [-0.3, -0.25) is 0 Å². The van der Waals surface area contributed by atoms with Crippen LogP contribution in [0, 0.1) is 0 Å². The third-order valence-corrected chi connectivity index (χ3v) is 6.56. The second kappa shape index (κ2) is 21.4. The standard InChI is InChI=1S/C37H37NO14/c1-4-32(39)45-20-6-8-22-47-36(43)50-27-14-10-25(11-15-27)34(41)49-29-18-19-31(30(24-29)38-3)52-35(42)26-12-16-28(17-13-26)51-37(44)48-23-9-7-21-46-33(40)5-2/h4-5,10-19,24,38H,1-2,6-9,20-23H2,3H3. The van der Waals surface area contributed by atoms with Crippen LogP contribution in [-0.2, 0) is 28.5 Å². The lowest BCUT2D eigenvalue weighted by Gasteiger charge is -2.12. The fourth-order valence-corrected chi connectivity index (χ4v) is 3.93. The molecule has 274 valence electrons. The molecule has 0 radical (unpaired) electrons. The maximum absolute atomic E-state index is 12.8. The van der Waals surface area contributed by atoms with Gasteiger partial charge in [-0.1, -0.05) is 13.2 Å². The van der Waals surface area contributed by atoms with E-state index in [4.69, 9.17) is 37.9 Å². The van der Waals surface area contributed by atoms with Gasteiger partial charge in [0.15, 0.2) is 5.75 Å². The molecule has 15 nitrogen and oxygen atoms in total. The van der Waals surface area contributed by atoms with Gasteiger partial charge in [-0.05, 0) is 86.3 Å². The van der Waals surface area contributed by atoms with Gasteiger partial charge in [0.25, 0.3) is 0 Å². The molecule has 0 spiro atoms. The van der Waals surface area contributed by atoms with Crippen LogP contribution in [0.3, 0.4) is 0 Å². The summed E-state index contributed by atoms with van der Waals surface area (Å²) in [6.07, 6.45) is 2.14. The van der Waals surface area contributed by atoms with E-state index in [1.807, 2.05) is 0 Å². The largest absolute Gasteiger partial charge is 0.513 e. The second-order valence-electron chi connectivity index (χ2n) is 10.3. The van der Waals surface area contributed by atoms with E-state index in [9.17, 15) is 28.8 Å². The van der Waals surface area contributed by atoms with Crippen LogP contribution in [0.5, 0.6) is 23.0 Å². The summed E-state index contributed by atoms with van der Waals surface area (Å²) in [7, 11) is 1.59. The highest BCUT2D eigenvalue weighted by Gasteiger charge is 2.16. The van der Waals surface area contributed by atoms with Crippen molar-refractivity contribution in [3.8, 4) is 23.0 Å². The maximum Gasteiger partial charge on any atom is 0.513 e. The van der Waals surface area contributed by atoms with Crippen LogP contribution in [0.25, 0.3) is 0 Å². The van der Waals surface area contributed by atoms with E-state index in [2.05, 4.69) is 18.5 Å². The van der Waals surface area contributed by atoms with Gasteiger partial charge in [0.1, 0.15) is 17.2 Å². The van der Waals surface area contributed by atoms with Crippen molar-refractivity contribution < 1.29 is 66.7 Å². The average Bonchev–Trinajstić information content (AvgIpc) is 3.15. The number of unbranched alkanes of at least 4 members (excludes halogenated alkanes) is 2. The highest BCUT2D eigenvalue weighted by Crippen LogP contribution is 2.30. The number of anilines is 1. The summed E-state index contributed by atoms with van der Waals surface area (Å²) in [6.45, 7) is 7.06. The Hall–Kier alpha value is -6.64. The summed E-state index contributed by atoms with van der Waals surface area (Å²) in [5.74, 6) is -1.87. The van der Waals surface area contributed by atoms with Crippen molar-refractivity contribution in [2.45, 2.75) is 25.7 Å². The van der Waals surface area contributed by atoms with Crippen LogP contribution >= 0.6 is 0 Å². The molecule has 0 saturated heterocycles. The molecular weight excluding hydrogens is 682 g/mol. The summed E-state index contributed by atoms with van der Waals surface area (Å²) in [5.41, 5.74) is 0.679. The minimum Gasteiger partial charge on any atom is -0.463 e. The molecule has 0 bridgehead atoms. The lowest BCUT2D eigenvalue weighted by atomic mass is 10.2. The third-order valence-electron chi connectivity index (χ3n) is 6.56. The maximum atomic E-state index is 12.8. The molecule has 0 fully saturated rings. The molecule has 1 N–H and O–H groups in total. The van der Waals surface area contributed by atoms with Crippen LogP contribution in [0.15, 0.2) is 92.0 Å². The summed E-state index contributed by atoms with van der Waals surface area (Å²) in [6, 6.07) is 15.6. The third kappa shape index (κ3) is 14.1. The van der Waals surface area contributed by atoms with Gasteiger partial charge >= 0.3 is 36.2 Å². The van der Waals surface area contributed by atoms with Crippen LogP contribution in [0.2, 0.25) is 0 Å². The first-order valence-electron chi connectivity index (χ1n) is 15.9. The number of hydrogen-bond acceptors (Lipinski definition) is 15. The minimum absolute atomic E-state index is 0.0610. The molecule has 0 aliphatic rings. The quantitative estimate of drug-likeness (QED) is 0.0367. The predicted molar refractivity (Wildman–Crippen MR) is 184 cm³/mol. The van der Waals surface area contributed by atoms with Crippen molar-refractivity contribution >= 4 is 41.9 Å². The normalized spacial score (nSPS) is 10.1. The number of esters is 4. The lowest BCUT2D eigenvalue weighted by Crippen LogP contribution is -2.13. The zero-order valence-corrected chi connectivity index (χ0v) is 28.3. The Kier molecular flexibility index (Phi) is 16.4. The molecule has 0 amide bonds. The highest BCUT2D eigenvalue weighted by atomic mass is 16.7. The summed E-state index contributed by atoms with van der Waals surface area (Å²) in [5, 5.41) is 2.88. The Morgan fingerprint density at radius 2 is 0.942 bits per heavy atom. The number of nitrogens with one attached hydrogen (secondary N) is 1. The van der Waals surface area contributed by atoms with E-state index in [1.165, 1.54) is 66.7 Å². The van der Waals surface area contributed by atoms with E-state index in [0.29, 0.717) is 31.4 Å². The van der Waals surface area contributed by atoms with Crippen LogP contribution in [-0.4, -0.2) is 69.7 Å². The highest BCUT2D eigenvalue weighted by molar-refractivity contribution is 5.93. The molecule has 0 heterocycles. The van der Waals surface area contributed by atoms with Gasteiger partial charge in [0.2, 0.25) is 0 Å². The average molecular weight is 720 g/mol. The first-order chi connectivity index (χ1) is 25.1. The van der Waals surface area contributed by atoms with E-state index in [0.717, 1.165) is 12.2 Å². The van der Waals surface area contributed by atoms with Crippen LogP contribution in [0.1, 0.15) is 46.4 Å². The smallest absolute Gasteiger partial charge is 0.463 e. The Bertz CT molecular complexity index is 1720. The molecular formula is C37H37NO14. The van der Waals surface area contributed by atoms with Crippen LogP contribution in [0.4, 0.5) is 15.3 Å². The molecule has 3 aromatic carbocycles. The number of rotatable bonds is 19. The topological polar surface area (TPSA) is 188 Å². The number of carbonyl (C=O) groups excluding carboxylic acids is 6. The summed E-state index contributed by atoms with van der Waals surface area (Å²) < 4.78 is 40.8. The monoisotopic (exact) mass is 719 g/mol. The van der Waals surface area contributed by atoms with Gasteiger partial charge in [-0.25, -0.2) is 28.8 Å². The number of ether oxygens (including phenoxy) is 8. The van der Waals surface area contributed by atoms with Crippen molar-refractivity contribution in [2.75, 3.05) is 38.8 Å². The zero-order chi connectivity index (χ0) is 37.7. The Balaban J connectivity index is 1.43. The fraction of sp³-hybridized carbons (Fsp3) is 0.243. The molecule has 0 aliphatic carbocycles. The fourth-order valence-electron chi connectivity index (χ4n) is 3.93. The zero-order valence-electron chi connectivity index (χ0n) is 28.3. The van der Waals surface area contributed by atoms with Crippen molar-refractivity contribution in [3.05, 3.63) is 103 Å². The summed E-state index contributed by atoms with van der Waals surface area (Å²) in [4.78, 5) is 71.4. The van der Waals surface area contributed by atoms with Crippen molar-refractivity contribution in [2.24, 2.45) is 0 Å². The molecule has 15 heteroatoms. The molecule has 0 unspecified atom stereocenters. The van der Waals surface area contributed by atoms with Gasteiger partial charge in [0.05, 0.1) is 43.2 Å². The number of hydrogen-bond donors (Lipinski definition) is 1. The second-order valence-corrected chi connectivity index (χ2v) is 10.3.